The average molecular weight is 360 g/mol. The highest BCUT2D eigenvalue weighted by atomic mass is 35.5. The van der Waals surface area contributed by atoms with Gasteiger partial charge in [0.25, 0.3) is 0 Å². The van der Waals surface area contributed by atoms with Gasteiger partial charge in [0, 0.05) is 5.56 Å². The third kappa shape index (κ3) is 4.87. The Balaban J connectivity index is 1.88. The highest BCUT2D eigenvalue weighted by Gasteiger charge is 2.31. The summed E-state index contributed by atoms with van der Waals surface area (Å²) in [6.07, 6.45) is -4.47. The molecule has 0 saturated heterocycles. The van der Waals surface area contributed by atoms with Crippen molar-refractivity contribution in [1.82, 2.24) is 0 Å². The van der Waals surface area contributed by atoms with E-state index in [1.54, 1.807) is 24.3 Å². The van der Waals surface area contributed by atoms with Crippen LogP contribution >= 0.6 is 11.6 Å². The van der Waals surface area contributed by atoms with Crippen LogP contribution in [0.15, 0.2) is 53.7 Å². The van der Waals surface area contributed by atoms with Gasteiger partial charge >= 0.3 is 6.18 Å². The van der Waals surface area contributed by atoms with Gasteiger partial charge in [-0.25, -0.2) is 0 Å². The molecule has 0 unspecified atom stereocenters. The molecule has 0 amide bonds. The molecule has 0 spiro atoms. The monoisotopic (exact) mass is 359 g/mol. The molecule has 2 rings (SSSR count). The fourth-order valence-corrected chi connectivity index (χ4v) is 2.07. The fourth-order valence-electron chi connectivity index (χ4n) is 1.84. The first-order valence-electron chi connectivity index (χ1n) is 6.75. The van der Waals surface area contributed by atoms with Crippen LogP contribution in [0.4, 0.5) is 13.2 Å². The molecule has 0 heterocycles. The summed E-state index contributed by atoms with van der Waals surface area (Å²) in [4.78, 5) is 0. The quantitative estimate of drug-likeness (QED) is 0.270. The SMILES string of the molecule is O/N=C(\COCOc1ccc(C(F)(F)F)cc1Cl)c1ccccc1. The second-order valence-electron chi connectivity index (χ2n) is 4.67. The van der Waals surface area contributed by atoms with Gasteiger partial charge in [-0.05, 0) is 18.2 Å². The molecular formula is C16H13ClF3NO3. The maximum atomic E-state index is 12.5. The lowest BCUT2D eigenvalue weighted by Gasteiger charge is -2.12. The Bertz CT molecular complexity index is 705. The number of halogens is 4. The molecule has 0 aromatic heterocycles. The fraction of sp³-hybridized carbons (Fsp3) is 0.188. The molecule has 2 aromatic rings. The van der Waals surface area contributed by atoms with Gasteiger partial charge in [-0.2, -0.15) is 13.2 Å². The lowest BCUT2D eigenvalue weighted by Crippen LogP contribution is -2.14. The first-order valence-corrected chi connectivity index (χ1v) is 7.13. The molecular weight excluding hydrogens is 347 g/mol. The zero-order valence-electron chi connectivity index (χ0n) is 12.3. The van der Waals surface area contributed by atoms with Gasteiger partial charge in [0.2, 0.25) is 0 Å². The first kappa shape index (κ1) is 18.1. The van der Waals surface area contributed by atoms with Crippen LogP contribution < -0.4 is 4.74 Å². The van der Waals surface area contributed by atoms with E-state index < -0.39 is 11.7 Å². The van der Waals surface area contributed by atoms with E-state index in [1.807, 2.05) is 6.07 Å². The largest absolute Gasteiger partial charge is 0.466 e. The predicted molar refractivity (Wildman–Crippen MR) is 82.7 cm³/mol. The summed E-state index contributed by atoms with van der Waals surface area (Å²) >= 11 is 5.76. The van der Waals surface area contributed by atoms with Crippen molar-refractivity contribution in [3.63, 3.8) is 0 Å². The van der Waals surface area contributed by atoms with Crippen LogP contribution in [0.25, 0.3) is 0 Å². The van der Waals surface area contributed by atoms with Crippen molar-refractivity contribution in [2.24, 2.45) is 5.16 Å². The molecule has 0 radical (unpaired) electrons. The molecule has 8 heteroatoms. The van der Waals surface area contributed by atoms with Gasteiger partial charge in [-0.1, -0.05) is 47.1 Å². The third-order valence-electron chi connectivity index (χ3n) is 3.02. The molecule has 0 saturated carbocycles. The van der Waals surface area contributed by atoms with Crippen LogP contribution in [-0.2, 0) is 10.9 Å². The van der Waals surface area contributed by atoms with Crippen molar-refractivity contribution in [1.29, 1.82) is 0 Å². The molecule has 4 nitrogen and oxygen atoms in total. The molecule has 0 aliphatic heterocycles. The number of nitrogens with zero attached hydrogens (tertiary/aromatic N) is 1. The van der Waals surface area contributed by atoms with Gasteiger partial charge in [0.1, 0.15) is 11.5 Å². The van der Waals surface area contributed by atoms with E-state index in [1.165, 1.54) is 0 Å². The van der Waals surface area contributed by atoms with Gasteiger partial charge < -0.3 is 14.7 Å². The Hall–Kier alpha value is -2.25. The summed E-state index contributed by atoms with van der Waals surface area (Å²) in [5, 5.41) is 12.0. The van der Waals surface area contributed by atoms with Crippen LogP contribution in [0.1, 0.15) is 11.1 Å². The zero-order valence-corrected chi connectivity index (χ0v) is 13.0. The second kappa shape index (κ2) is 8.03. The lowest BCUT2D eigenvalue weighted by atomic mass is 10.1. The molecule has 2 aromatic carbocycles. The summed E-state index contributed by atoms with van der Waals surface area (Å²) in [5.74, 6) is 0.0619. The Kier molecular flexibility index (Phi) is 6.05. The van der Waals surface area contributed by atoms with Crippen LogP contribution in [0, 0.1) is 0 Å². The molecule has 1 N–H and O–H groups in total. The molecule has 0 fully saturated rings. The minimum atomic E-state index is -4.47. The van der Waals surface area contributed by atoms with Gasteiger partial charge in [-0.15, -0.1) is 0 Å². The van der Waals surface area contributed by atoms with Crippen LogP contribution in [0.2, 0.25) is 5.02 Å². The number of alkyl halides is 3. The van der Waals surface area contributed by atoms with Crippen molar-refractivity contribution in [2.45, 2.75) is 6.18 Å². The lowest BCUT2D eigenvalue weighted by molar-refractivity contribution is -0.137. The number of benzene rings is 2. The molecule has 128 valence electrons. The Morgan fingerprint density at radius 3 is 2.42 bits per heavy atom. The summed E-state index contributed by atoms with van der Waals surface area (Å²) in [6.45, 7) is -0.310. The van der Waals surface area contributed by atoms with Crippen molar-refractivity contribution in [3.8, 4) is 5.75 Å². The minimum absolute atomic E-state index is 0.0429. The summed E-state index contributed by atoms with van der Waals surface area (Å²) in [5.41, 5.74) is 0.102. The Morgan fingerprint density at radius 2 is 1.83 bits per heavy atom. The highest BCUT2D eigenvalue weighted by Crippen LogP contribution is 2.34. The number of oxime groups is 1. The van der Waals surface area contributed by atoms with E-state index in [0.29, 0.717) is 5.56 Å². The van der Waals surface area contributed by atoms with Crippen molar-refractivity contribution >= 4 is 17.3 Å². The normalized spacial score (nSPS) is 12.2. The van der Waals surface area contributed by atoms with Crippen LogP contribution in [-0.4, -0.2) is 24.3 Å². The number of hydrogen-bond acceptors (Lipinski definition) is 4. The molecule has 0 bridgehead atoms. The van der Waals surface area contributed by atoms with E-state index in [2.05, 4.69) is 5.16 Å². The zero-order chi connectivity index (χ0) is 17.6. The number of ether oxygens (including phenoxy) is 2. The standard InChI is InChI=1S/C16H13ClF3NO3/c17-13-8-12(16(18,19)20)6-7-15(13)24-10-23-9-14(21-22)11-4-2-1-3-5-11/h1-8,22H,9-10H2/b21-14+. The van der Waals surface area contributed by atoms with Crippen LogP contribution in [0.3, 0.4) is 0 Å². The number of rotatable bonds is 6. The van der Waals surface area contributed by atoms with Crippen molar-refractivity contribution < 1.29 is 27.9 Å². The highest BCUT2D eigenvalue weighted by molar-refractivity contribution is 6.32. The molecule has 0 aliphatic rings. The van der Waals surface area contributed by atoms with Crippen molar-refractivity contribution in [3.05, 3.63) is 64.7 Å². The van der Waals surface area contributed by atoms with E-state index in [-0.39, 0.29) is 29.9 Å². The topological polar surface area (TPSA) is 51.1 Å². The molecule has 0 atom stereocenters. The summed E-state index contributed by atoms with van der Waals surface area (Å²) in [7, 11) is 0. The predicted octanol–water partition coefficient (Wildman–Crippen LogP) is 4.59. The molecule has 24 heavy (non-hydrogen) atoms. The average Bonchev–Trinajstić information content (AvgIpc) is 2.56. The summed E-state index contributed by atoms with van der Waals surface area (Å²) < 4.78 is 48.0. The first-order chi connectivity index (χ1) is 11.4. The van der Waals surface area contributed by atoms with Crippen LogP contribution in [0.5, 0.6) is 5.75 Å². The number of hydrogen-bond donors (Lipinski definition) is 1. The Labute approximate surface area is 141 Å². The summed E-state index contributed by atoms with van der Waals surface area (Å²) in [6, 6.07) is 11.6. The van der Waals surface area contributed by atoms with E-state index in [0.717, 1.165) is 18.2 Å². The maximum Gasteiger partial charge on any atom is 0.416 e. The minimum Gasteiger partial charge on any atom is -0.466 e. The van der Waals surface area contributed by atoms with Gasteiger partial charge in [0.15, 0.2) is 6.79 Å². The second-order valence-corrected chi connectivity index (χ2v) is 5.07. The van der Waals surface area contributed by atoms with E-state index >= 15 is 0 Å². The smallest absolute Gasteiger partial charge is 0.416 e. The van der Waals surface area contributed by atoms with Gasteiger partial charge in [-0.3, -0.25) is 0 Å². The Morgan fingerprint density at radius 1 is 1.12 bits per heavy atom. The van der Waals surface area contributed by atoms with Crippen molar-refractivity contribution in [2.75, 3.05) is 13.4 Å². The van der Waals surface area contributed by atoms with E-state index in [9.17, 15) is 13.2 Å². The van der Waals surface area contributed by atoms with Gasteiger partial charge in [0.05, 0.1) is 17.2 Å². The third-order valence-corrected chi connectivity index (χ3v) is 3.32. The maximum absolute atomic E-state index is 12.5. The molecule has 0 aliphatic carbocycles. The van der Waals surface area contributed by atoms with E-state index in [4.69, 9.17) is 26.3 Å².